The van der Waals surface area contributed by atoms with Gasteiger partial charge in [0.1, 0.15) is 23.9 Å². The molecule has 2 aliphatic heterocycles. The van der Waals surface area contributed by atoms with E-state index in [1.807, 2.05) is 24.3 Å². The highest BCUT2D eigenvalue weighted by Gasteiger charge is 2.26. The van der Waals surface area contributed by atoms with Gasteiger partial charge in [0.15, 0.2) is 17.1 Å². The van der Waals surface area contributed by atoms with Crippen LogP contribution in [-0.4, -0.2) is 57.8 Å². The van der Waals surface area contributed by atoms with Crippen LogP contribution in [0, 0.1) is 5.82 Å². The maximum absolute atomic E-state index is 13.7. The van der Waals surface area contributed by atoms with Crippen LogP contribution < -0.4 is 14.2 Å². The Balaban J connectivity index is 1.41. The van der Waals surface area contributed by atoms with E-state index >= 15 is 0 Å². The molecule has 4 aromatic rings. The second-order valence-corrected chi connectivity index (χ2v) is 9.34. The first-order chi connectivity index (χ1) is 19.0. The van der Waals surface area contributed by atoms with Crippen molar-refractivity contribution in [1.82, 2.24) is 19.7 Å². The zero-order chi connectivity index (χ0) is 26.8. The van der Waals surface area contributed by atoms with Crippen LogP contribution in [0.4, 0.5) is 4.39 Å². The number of hydrogen-bond acceptors (Lipinski definition) is 8. The fraction of sp³-hybridized carbons (Fsp3) is 0.241. The molecule has 1 saturated heterocycles. The minimum atomic E-state index is -0.748. The van der Waals surface area contributed by atoms with Gasteiger partial charge in [0.05, 0.1) is 17.3 Å². The smallest absolute Gasteiger partial charge is 0.336 e. The van der Waals surface area contributed by atoms with Gasteiger partial charge in [-0.05, 0) is 62.3 Å². The Bertz CT molecular complexity index is 1570. The third-order valence-corrected chi connectivity index (χ3v) is 6.69. The molecule has 39 heavy (non-hydrogen) atoms. The van der Waals surface area contributed by atoms with Crippen molar-refractivity contribution >= 4 is 23.0 Å². The van der Waals surface area contributed by atoms with Crippen LogP contribution in [0.5, 0.6) is 17.2 Å². The van der Waals surface area contributed by atoms with Gasteiger partial charge in [0.2, 0.25) is 0 Å². The van der Waals surface area contributed by atoms with Crippen LogP contribution in [0.3, 0.4) is 0 Å². The van der Waals surface area contributed by atoms with E-state index in [-0.39, 0.29) is 11.5 Å². The molecular formula is C29H25FN4O5. The number of likely N-dealkylation sites (tertiary alicyclic amines) is 1. The molecule has 0 aliphatic carbocycles. The van der Waals surface area contributed by atoms with Gasteiger partial charge in [-0.15, -0.1) is 0 Å². The number of hydrogen-bond donors (Lipinski definition) is 0. The predicted molar refractivity (Wildman–Crippen MR) is 140 cm³/mol. The van der Waals surface area contributed by atoms with E-state index in [9.17, 15) is 14.0 Å². The molecule has 0 unspecified atom stereocenters. The van der Waals surface area contributed by atoms with Gasteiger partial charge in [0.25, 0.3) is 0 Å². The summed E-state index contributed by atoms with van der Waals surface area (Å²) in [5, 5.41) is 5.12. The lowest BCUT2D eigenvalue weighted by Gasteiger charge is -2.26. The van der Waals surface area contributed by atoms with Crippen LogP contribution in [0.15, 0.2) is 66.9 Å². The number of esters is 2. The molecule has 0 saturated carbocycles. The predicted octanol–water partition coefficient (Wildman–Crippen LogP) is 4.47. The largest absolute Gasteiger partial charge is 0.492 e. The lowest BCUT2D eigenvalue weighted by Crippen LogP contribution is -2.33. The van der Waals surface area contributed by atoms with Gasteiger partial charge < -0.3 is 14.2 Å². The van der Waals surface area contributed by atoms with Crippen molar-refractivity contribution in [2.75, 3.05) is 26.2 Å². The lowest BCUT2D eigenvalue weighted by molar-refractivity contribution is -0.133. The molecule has 2 aliphatic rings. The van der Waals surface area contributed by atoms with E-state index in [1.165, 1.54) is 37.6 Å². The van der Waals surface area contributed by atoms with Gasteiger partial charge in [-0.2, -0.15) is 5.10 Å². The number of piperidine rings is 1. The molecule has 2 aromatic carbocycles. The zero-order valence-electron chi connectivity index (χ0n) is 21.0. The van der Waals surface area contributed by atoms with Crippen LogP contribution in [0.1, 0.15) is 19.3 Å². The van der Waals surface area contributed by atoms with Crippen molar-refractivity contribution in [3.63, 3.8) is 0 Å². The van der Waals surface area contributed by atoms with Crippen molar-refractivity contribution in [2.24, 2.45) is 0 Å². The third kappa shape index (κ3) is 5.23. The molecule has 0 N–H and O–H groups in total. The van der Waals surface area contributed by atoms with Gasteiger partial charge in [-0.25, -0.2) is 23.6 Å². The maximum Gasteiger partial charge on any atom is 0.336 e. The summed E-state index contributed by atoms with van der Waals surface area (Å²) in [5.41, 5.74) is 1.95. The van der Waals surface area contributed by atoms with Crippen LogP contribution in [0.25, 0.3) is 28.0 Å². The molecule has 2 aromatic heterocycles. The van der Waals surface area contributed by atoms with Crippen LogP contribution in [0.2, 0.25) is 0 Å². The number of aromatic nitrogens is 3. The van der Waals surface area contributed by atoms with Crippen molar-refractivity contribution in [2.45, 2.75) is 19.3 Å². The Morgan fingerprint density at radius 1 is 0.949 bits per heavy atom. The molecular weight excluding hydrogens is 503 g/mol. The zero-order valence-corrected chi connectivity index (χ0v) is 21.0. The number of rotatable bonds is 6. The summed E-state index contributed by atoms with van der Waals surface area (Å²) in [7, 11) is 0. The summed E-state index contributed by atoms with van der Waals surface area (Å²) < 4.78 is 32.3. The van der Waals surface area contributed by atoms with Crippen molar-refractivity contribution in [1.29, 1.82) is 0 Å². The molecule has 6 rings (SSSR count). The minimum absolute atomic E-state index is 0.00205. The van der Waals surface area contributed by atoms with E-state index in [2.05, 4.69) is 9.88 Å². The molecule has 9 nitrogen and oxygen atoms in total. The van der Waals surface area contributed by atoms with Crippen molar-refractivity contribution < 1.29 is 28.2 Å². The highest BCUT2D eigenvalue weighted by molar-refractivity contribution is 6.03. The summed E-state index contributed by atoms with van der Waals surface area (Å²) in [6.45, 7) is 3.61. The van der Waals surface area contributed by atoms with E-state index < -0.39 is 17.8 Å². The van der Waals surface area contributed by atoms with Gasteiger partial charge in [-0.3, -0.25) is 4.90 Å². The average molecular weight is 529 g/mol. The normalized spacial score (nSPS) is 16.6. The van der Waals surface area contributed by atoms with Gasteiger partial charge >= 0.3 is 11.9 Å². The number of nitrogens with zero attached hydrogens (tertiary/aromatic N) is 4. The summed E-state index contributed by atoms with van der Waals surface area (Å²) in [5.74, 6) is -1.24. The quantitative estimate of drug-likeness (QED) is 0.338. The number of fused-ring (bicyclic) bond motifs is 3. The Hall–Kier alpha value is -4.57. The topological polar surface area (TPSA) is 95.8 Å². The summed E-state index contributed by atoms with van der Waals surface area (Å²) in [6.07, 6.45) is 7.01. The molecule has 0 bridgehead atoms. The van der Waals surface area contributed by atoms with E-state index in [1.54, 1.807) is 16.8 Å². The second kappa shape index (κ2) is 10.7. The first-order valence-electron chi connectivity index (χ1n) is 12.8. The Kier molecular flexibility index (Phi) is 6.76. The molecule has 0 amide bonds. The minimum Gasteiger partial charge on any atom is -0.492 e. The van der Waals surface area contributed by atoms with Crippen LogP contribution >= 0.6 is 0 Å². The molecule has 0 atom stereocenters. The first kappa shape index (κ1) is 24.7. The highest BCUT2D eigenvalue weighted by atomic mass is 19.1. The fourth-order valence-corrected chi connectivity index (χ4v) is 4.80. The Morgan fingerprint density at radius 2 is 1.72 bits per heavy atom. The number of carbonyl (C=O) groups excluding carboxylic acids is 2. The monoisotopic (exact) mass is 528 g/mol. The van der Waals surface area contributed by atoms with Gasteiger partial charge in [0, 0.05) is 30.3 Å². The number of benzene rings is 2. The molecule has 4 heterocycles. The SMILES string of the molecule is O=C1/C=C\C(=O)Oc2c(cnc3c2c(-c2ccc(F)cc2)nn3-c2cccc(OCCN3CCCCC3)c2)O1. The Labute approximate surface area is 223 Å². The first-order valence-corrected chi connectivity index (χ1v) is 12.8. The highest BCUT2D eigenvalue weighted by Crippen LogP contribution is 2.41. The van der Waals surface area contributed by atoms with E-state index in [4.69, 9.17) is 19.3 Å². The summed E-state index contributed by atoms with van der Waals surface area (Å²) in [6, 6.07) is 13.2. The van der Waals surface area contributed by atoms with Crippen LogP contribution in [-0.2, 0) is 9.59 Å². The molecule has 0 radical (unpaired) electrons. The standard InChI is InChI=1S/C29H25FN4O5/c30-20-9-7-19(8-10-20)27-26-28-23(38-24(35)11-12-25(36)39-28)18-31-29(26)34(32-27)21-5-4-6-22(17-21)37-16-15-33-13-2-1-3-14-33/h4-12,17-18H,1-3,13-16H2/b12-11-. The maximum atomic E-state index is 13.7. The lowest BCUT2D eigenvalue weighted by atomic mass is 10.1. The molecule has 198 valence electrons. The number of halogens is 1. The summed E-state index contributed by atoms with van der Waals surface area (Å²) >= 11 is 0. The second-order valence-electron chi connectivity index (χ2n) is 9.34. The van der Waals surface area contributed by atoms with E-state index in [0.717, 1.165) is 31.8 Å². The third-order valence-electron chi connectivity index (χ3n) is 6.69. The van der Waals surface area contributed by atoms with Crippen molar-refractivity contribution in [3.8, 4) is 34.2 Å². The van der Waals surface area contributed by atoms with Crippen molar-refractivity contribution in [3.05, 3.63) is 72.7 Å². The van der Waals surface area contributed by atoms with Gasteiger partial charge in [-0.1, -0.05) is 12.5 Å². The number of ether oxygens (including phenoxy) is 3. The molecule has 0 spiro atoms. The number of pyridine rings is 1. The average Bonchev–Trinajstić information content (AvgIpc) is 3.33. The summed E-state index contributed by atoms with van der Waals surface area (Å²) in [4.78, 5) is 31.4. The Morgan fingerprint density at radius 3 is 2.51 bits per heavy atom. The molecule has 1 fully saturated rings. The van der Waals surface area contributed by atoms with E-state index in [0.29, 0.717) is 40.3 Å². The number of carbonyl (C=O) groups is 2. The molecule has 10 heteroatoms. The fourth-order valence-electron chi connectivity index (χ4n) is 4.80.